The number of halogens is 6. The summed E-state index contributed by atoms with van der Waals surface area (Å²) in [5.41, 5.74) is 2.43. The largest absolute Gasteiger partial charge is 0.487 e. The van der Waals surface area contributed by atoms with Crippen LogP contribution in [0.3, 0.4) is 0 Å². The van der Waals surface area contributed by atoms with Crippen molar-refractivity contribution in [3.8, 4) is 5.75 Å². The van der Waals surface area contributed by atoms with Crippen molar-refractivity contribution >= 4 is 50.9 Å². The Bertz CT molecular complexity index is 1400. The van der Waals surface area contributed by atoms with Gasteiger partial charge in [0.1, 0.15) is 17.2 Å². The Labute approximate surface area is 226 Å². The monoisotopic (exact) mass is 641 g/mol. The second-order valence-corrected chi connectivity index (χ2v) is 12.6. The average molecular weight is 642 g/mol. The summed E-state index contributed by atoms with van der Waals surface area (Å²) in [6.45, 7) is -0.0435. The minimum atomic E-state index is -5.85. The summed E-state index contributed by atoms with van der Waals surface area (Å²) < 4.78 is 84.9. The van der Waals surface area contributed by atoms with Crippen molar-refractivity contribution in [2.75, 3.05) is 0 Å². The summed E-state index contributed by atoms with van der Waals surface area (Å²) in [6, 6.07) is 9.61. The maximum absolute atomic E-state index is 14.5. The minimum Gasteiger partial charge on any atom is -0.487 e. The smallest absolute Gasteiger partial charge is 0.400 e. The van der Waals surface area contributed by atoms with Gasteiger partial charge in [0.2, 0.25) is 5.91 Å². The molecule has 4 rings (SSSR count). The third-order valence-electron chi connectivity index (χ3n) is 6.65. The Balaban J connectivity index is 1.56. The van der Waals surface area contributed by atoms with E-state index >= 15 is 0 Å². The van der Waals surface area contributed by atoms with Crippen LogP contribution in [0.15, 0.2) is 40.9 Å². The molecule has 1 heterocycles. The number of primary amides is 1. The van der Waals surface area contributed by atoms with Gasteiger partial charge in [-0.2, -0.15) is 22.0 Å². The fourth-order valence-corrected chi connectivity index (χ4v) is 7.49. The number of hydrogen-bond acceptors (Lipinski definition) is 4. The van der Waals surface area contributed by atoms with Gasteiger partial charge in [0, 0.05) is 15.4 Å². The lowest BCUT2D eigenvalue weighted by Crippen LogP contribution is -2.27. The molecule has 38 heavy (non-hydrogen) atoms. The van der Waals surface area contributed by atoms with Crippen molar-refractivity contribution in [3.63, 3.8) is 0 Å². The van der Waals surface area contributed by atoms with E-state index in [2.05, 4.69) is 15.9 Å². The maximum Gasteiger partial charge on any atom is 0.400 e. The van der Waals surface area contributed by atoms with E-state index < -0.39 is 36.1 Å². The van der Waals surface area contributed by atoms with E-state index in [4.69, 9.17) is 20.3 Å². The van der Waals surface area contributed by atoms with E-state index in [1.54, 1.807) is 12.1 Å². The van der Waals surface area contributed by atoms with Gasteiger partial charge in [0.05, 0.1) is 10.6 Å². The van der Waals surface area contributed by atoms with Crippen LogP contribution in [0, 0.1) is 5.92 Å². The first kappa shape index (κ1) is 28.9. The lowest BCUT2D eigenvalue weighted by molar-refractivity contribution is -0.182. The van der Waals surface area contributed by atoms with Crippen molar-refractivity contribution in [1.82, 2.24) is 0 Å². The molecule has 0 spiro atoms. The Morgan fingerprint density at radius 3 is 2.21 bits per heavy atom. The number of hydrogen-bond donors (Lipinski definition) is 3. The molecule has 1 amide bonds. The van der Waals surface area contributed by atoms with E-state index in [-0.39, 0.29) is 51.2 Å². The summed E-state index contributed by atoms with van der Waals surface area (Å²) in [5.74, 6) is -2.08. The molecule has 2 aromatic carbocycles. The highest BCUT2D eigenvalue weighted by Crippen LogP contribution is 2.63. The van der Waals surface area contributed by atoms with Crippen LogP contribution in [0.2, 0.25) is 0 Å². The Morgan fingerprint density at radius 2 is 1.68 bits per heavy atom. The van der Waals surface area contributed by atoms with Crippen LogP contribution < -0.4 is 10.5 Å². The normalized spacial score (nSPS) is 19.1. The zero-order valence-electron chi connectivity index (χ0n) is 19.5. The molecule has 1 fully saturated rings. The van der Waals surface area contributed by atoms with Gasteiger partial charge >= 0.3 is 19.4 Å². The minimum absolute atomic E-state index is 0.0179. The number of thiophene rings is 1. The van der Waals surface area contributed by atoms with Gasteiger partial charge in [-0.05, 0) is 70.8 Å². The standard InChI is InChI=1S/C24H22BrF5NO5PS/c25-19-17-9-15(22(31)32)10-18(20(17)38-21(19)24(29,30)37(33,34)35)36-11-12-1-3-13(4-2-12)14-5-7-16(8-6-14)23(26,27)28/h1-4,9-10,14,16H,5-8,11H2,(H2,31,32)(H2,33,34,35)/t14-,16-. The van der Waals surface area contributed by atoms with Gasteiger partial charge in [-0.15, -0.1) is 11.3 Å². The first-order chi connectivity index (χ1) is 17.6. The first-order valence-electron chi connectivity index (χ1n) is 11.4. The Kier molecular flexibility index (Phi) is 8.00. The second kappa shape index (κ2) is 10.5. The van der Waals surface area contributed by atoms with E-state index in [9.17, 15) is 31.3 Å². The van der Waals surface area contributed by atoms with Gasteiger partial charge in [0.25, 0.3) is 0 Å². The number of fused-ring (bicyclic) bond motifs is 1. The highest BCUT2D eigenvalue weighted by atomic mass is 79.9. The number of ether oxygens (including phenoxy) is 1. The Hall–Kier alpha value is -2.05. The lowest BCUT2D eigenvalue weighted by atomic mass is 9.78. The van der Waals surface area contributed by atoms with E-state index in [1.807, 2.05) is 12.1 Å². The molecule has 0 radical (unpaired) electrons. The molecule has 206 valence electrons. The van der Waals surface area contributed by atoms with E-state index in [0.717, 1.165) is 5.56 Å². The molecular weight excluding hydrogens is 620 g/mol. The number of carbonyl (C=O) groups excluding carboxylic acids is 1. The molecule has 0 atom stereocenters. The molecule has 4 N–H and O–H groups in total. The SMILES string of the molecule is NC(=O)c1cc(OCc2ccc([C@H]3CC[C@H](C(F)(F)F)CC3)cc2)c2sc(C(F)(F)P(=O)(O)O)c(Br)c2c1. The molecule has 0 saturated heterocycles. The van der Waals surface area contributed by atoms with Crippen LogP contribution >= 0.6 is 34.9 Å². The van der Waals surface area contributed by atoms with Crippen molar-refractivity contribution < 1.29 is 45.8 Å². The molecule has 1 saturated carbocycles. The van der Waals surface area contributed by atoms with Gasteiger partial charge < -0.3 is 20.3 Å². The summed E-state index contributed by atoms with van der Waals surface area (Å²) in [7, 11) is -5.85. The van der Waals surface area contributed by atoms with Crippen LogP contribution in [-0.2, 0) is 16.8 Å². The summed E-state index contributed by atoms with van der Waals surface area (Å²) >= 11 is 3.39. The number of alkyl halides is 5. The molecule has 3 aromatic rings. The number of rotatable bonds is 7. The fourth-order valence-electron chi connectivity index (χ4n) is 4.52. The molecule has 6 nitrogen and oxygen atoms in total. The molecule has 1 aliphatic carbocycles. The summed E-state index contributed by atoms with van der Waals surface area (Å²) in [4.78, 5) is 29.2. The Morgan fingerprint density at radius 1 is 1.08 bits per heavy atom. The number of amides is 1. The fraction of sp³-hybridized carbons (Fsp3) is 0.375. The number of benzene rings is 2. The number of carbonyl (C=O) groups is 1. The van der Waals surface area contributed by atoms with Gasteiger partial charge in [-0.25, -0.2) is 0 Å². The molecule has 0 aliphatic heterocycles. The zero-order chi connectivity index (χ0) is 28.0. The highest BCUT2D eigenvalue weighted by Gasteiger charge is 2.53. The maximum atomic E-state index is 14.5. The zero-order valence-corrected chi connectivity index (χ0v) is 22.8. The summed E-state index contributed by atoms with van der Waals surface area (Å²) in [5, 5.41) is 0.0780. The molecule has 1 aromatic heterocycles. The quantitative estimate of drug-likeness (QED) is 0.184. The molecule has 0 unspecified atom stereocenters. The molecule has 0 bridgehead atoms. The van der Waals surface area contributed by atoms with Crippen LogP contribution in [0.4, 0.5) is 22.0 Å². The highest BCUT2D eigenvalue weighted by molar-refractivity contribution is 9.10. The van der Waals surface area contributed by atoms with Crippen LogP contribution in [-0.4, -0.2) is 21.9 Å². The number of nitrogens with two attached hydrogens (primary N) is 1. The van der Waals surface area contributed by atoms with Crippen molar-refractivity contribution in [2.24, 2.45) is 11.7 Å². The average Bonchev–Trinajstić information content (AvgIpc) is 3.19. The predicted molar refractivity (Wildman–Crippen MR) is 136 cm³/mol. The second-order valence-electron chi connectivity index (χ2n) is 9.17. The van der Waals surface area contributed by atoms with Crippen molar-refractivity contribution in [3.05, 3.63) is 62.4 Å². The first-order valence-corrected chi connectivity index (χ1v) is 14.6. The summed E-state index contributed by atoms with van der Waals surface area (Å²) in [6.07, 6.45) is -3.12. The van der Waals surface area contributed by atoms with Gasteiger partial charge in [0.15, 0.2) is 0 Å². The van der Waals surface area contributed by atoms with Gasteiger partial charge in [-0.1, -0.05) is 24.3 Å². The predicted octanol–water partition coefficient (Wildman–Crippen LogP) is 7.40. The molecule has 14 heteroatoms. The lowest BCUT2D eigenvalue weighted by Gasteiger charge is -2.30. The van der Waals surface area contributed by atoms with Crippen LogP contribution in [0.5, 0.6) is 5.75 Å². The molecular formula is C24H22BrF5NO5PS. The van der Waals surface area contributed by atoms with Crippen LogP contribution in [0.25, 0.3) is 10.1 Å². The van der Waals surface area contributed by atoms with Crippen LogP contribution in [0.1, 0.15) is 58.0 Å². The third kappa shape index (κ3) is 5.77. The topological polar surface area (TPSA) is 110 Å². The van der Waals surface area contributed by atoms with Crippen molar-refractivity contribution in [1.29, 1.82) is 0 Å². The van der Waals surface area contributed by atoms with E-state index in [0.29, 0.717) is 29.7 Å². The van der Waals surface area contributed by atoms with Gasteiger partial charge in [-0.3, -0.25) is 9.36 Å². The molecule has 1 aliphatic rings. The third-order valence-corrected chi connectivity index (χ3v) is 10.1. The van der Waals surface area contributed by atoms with Crippen molar-refractivity contribution in [2.45, 2.75) is 50.0 Å². The van der Waals surface area contributed by atoms with E-state index in [1.165, 1.54) is 12.1 Å².